The summed E-state index contributed by atoms with van der Waals surface area (Å²) in [4.78, 5) is 0. The molecule has 1 rings (SSSR count). The van der Waals surface area contributed by atoms with Gasteiger partial charge in [-0.05, 0) is 19.8 Å². The Labute approximate surface area is 93.2 Å². The second kappa shape index (κ2) is 5.83. The molecule has 3 heteroatoms. The summed E-state index contributed by atoms with van der Waals surface area (Å²) in [7, 11) is 1.72. The zero-order valence-corrected chi connectivity index (χ0v) is 10.3. The number of aliphatic hydroxyl groups excluding tert-OH is 1. The van der Waals surface area contributed by atoms with Gasteiger partial charge >= 0.3 is 0 Å². The first-order valence-corrected chi connectivity index (χ1v) is 5.99. The van der Waals surface area contributed by atoms with Crippen molar-refractivity contribution in [2.24, 2.45) is 5.41 Å². The van der Waals surface area contributed by atoms with Gasteiger partial charge in [-0.25, -0.2) is 0 Å². The van der Waals surface area contributed by atoms with Crippen LogP contribution in [-0.4, -0.2) is 37.5 Å². The van der Waals surface area contributed by atoms with E-state index in [1.165, 1.54) is 12.8 Å². The molecule has 0 bridgehead atoms. The van der Waals surface area contributed by atoms with Crippen LogP contribution in [0.4, 0.5) is 0 Å². The molecule has 0 spiro atoms. The van der Waals surface area contributed by atoms with Crippen LogP contribution in [0.25, 0.3) is 0 Å². The third-order valence-corrected chi connectivity index (χ3v) is 3.55. The van der Waals surface area contributed by atoms with Crippen molar-refractivity contribution in [2.45, 2.75) is 51.7 Å². The van der Waals surface area contributed by atoms with E-state index >= 15 is 0 Å². The summed E-state index contributed by atoms with van der Waals surface area (Å²) in [5.74, 6) is 0. The van der Waals surface area contributed by atoms with E-state index in [2.05, 4.69) is 19.2 Å². The second-order valence-corrected chi connectivity index (χ2v) is 5.15. The molecule has 0 radical (unpaired) electrons. The quantitative estimate of drug-likeness (QED) is 0.731. The summed E-state index contributed by atoms with van der Waals surface area (Å²) in [5.41, 5.74) is 0.0558. The molecule has 0 aromatic carbocycles. The highest BCUT2D eigenvalue weighted by Crippen LogP contribution is 2.35. The minimum absolute atomic E-state index is 0.0558. The number of methoxy groups -OCH3 is 1. The lowest BCUT2D eigenvalue weighted by Gasteiger charge is -2.39. The molecule has 1 saturated carbocycles. The van der Waals surface area contributed by atoms with Crippen molar-refractivity contribution in [3.05, 3.63) is 0 Å². The highest BCUT2D eigenvalue weighted by molar-refractivity contribution is 4.88. The maximum Gasteiger partial charge on any atom is 0.0613 e. The number of nitrogens with one attached hydrogen (secondary N) is 1. The Morgan fingerprint density at radius 1 is 1.53 bits per heavy atom. The molecular formula is C12H25NO2. The van der Waals surface area contributed by atoms with Crippen LogP contribution in [0.5, 0.6) is 0 Å². The van der Waals surface area contributed by atoms with Crippen molar-refractivity contribution in [3.8, 4) is 0 Å². The maximum atomic E-state index is 10.00. The lowest BCUT2D eigenvalue weighted by molar-refractivity contribution is -0.00151. The van der Waals surface area contributed by atoms with E-state index in [0.29, 0.717) is 6.04 Å². The molecule has 15 heavy (non-hydrogen) atoms. The van der Waals surface area contributed by atoms with E-state index in [9.17, 15) is 5.11 Å². The van der Waals surface area contributed by atoms with Gasteiger partial charge in [-0.1, -0.05) is 19.8 Å². The third-order valence-electron chi connectivity index (χ3n) is 3.55. The average molecular weight is 215 g/mol. The standard InChI is InChI=1S/C12H25NO2/c1-10(8-15-3)13-9-12(2)7-5-4-6-11(12)14/h10-11,13-14H,4-9H2,1-3H3. The fraction of sp³-hybridized carbons (Fsp3) is 1.00. The molecule has 1 aliphatic rings. The van der Waals surface area contributed by atoms with Crippen LogP contribution < -0.4 is 5.32 Å². The van der Waals surface area contributed by atoms with Gasteiger partial charge in [0.15, 0.2) is 0 Å². The summed E-state index contributed by atoms with van der Waals surface area (Å²) in [6.07, 6.45) is 4.35. The number of hydrogen-bond donors (Lipinski definition) is 2. The highest BCUT2D eigenvalue weighted by Gasteiger charge is 2.35. The van der Waals surface area contributed by atoms with E-state index in [1.807, 2.05) is 0 Å². The summed E-state index contributed by atoms with van der Waals surface area (Å²) < 4.78 is 5.08. The first kappa shape index (κ1) is 12.9. The SMILES string of the molecule is COCC(C)NCC1(C)CCCCC1O. The molecular weight excluding hydrogens is 190 g/mol. The molecule has 90 valence electrons. The van der Waals surface area contributed by atoms with Crippen LogP contribution in [0, 0.1) is 5.41 Å². The van der Waals surface area contributed by atoms with Gasteiger partial charge in [-0.3, -0.25) is 0 Å². The first-order valence-electron chi connectivity index (χ1n) is 5.99. The monoisotopic (exact) mass is 215 g/mol. The summed E-state index contributed by atoms with van der Waals surface area (Å²) in [5, 5.41) is 13.4. The van der Waals surface area contributed by atoms with Crippen LogP contribution >= 0.6 is 0 Å². The summed E-state index contributed by atoms with van der Waals surface area (Å²) in [6, 6.07) is 0.362. The van der Waals surface area contributed by atoms with E-state index in [4.69, 9.17) is 4.74 Å². The Hall–Kier alpha value is -0.120. The van der Waals surface area contributed by atoms with Crippen molar-refractivity contribution >= 4 is 0 Å². The van der Waals surface area contributed by atoms with Crippen LogP contribution in [0.2, 0.25) is 0 Å². The van der Waals surface area contributed by atoms with Gasteiger partial charge in [-0.2, -0.15) is 0 Å². The maximum absolute atomic E-state index is 10.00. The molecule has 3 nitrogen and oxygen atoms in total. The number of aliphatic hydroxyl groups is 1. The van der Waals surface area contributed by atoms with Gasteiger partial charge < -0.3 is 15.2 Å². The fourth-order valence-electron chi connectivity index (χ4n) is 2.30. The molecule has 0 heterocycles. The first-order chi connectivity index (χ1) is 7.08. The van der Waals surface area contributed by atoms with Gasteiger partial charge in [-0.15, -0.1) is 0 Å². The zero-order valence-electron chi connectivity index (χ0n) is 10.3. The Balaban J connectivity index is 2.34. The molecule has 0 saturated heterocycles. The molecule has 0 aromatic rings. The molecule has 1 fully saturated rings. The third kappa shape index (κ3) is 3.74. The fourth-order valence-corrected chi connectivity index (χ4v) is 2.30. The minimum atomic E-state index is -0.145. The molecule has 2 N–H and O–H groups in total. The van der Waals surface area contributed by atoms with Gasteiger partial charge in [0.1, 0.15) is 0 Å². The highest BCUT2D eigenvalue weighted by atomic mass is 16.5. The Kier molecular flexibility index (Phi) is 5.03. The van der Waals surface area contributed by atoms with Crippen molar-refractivity contribution < 1.29 is 9.84 Å². The van der Waals surface area contributed by atoms with Crippen LogP contribution in [0.15, 0.2) is 0 Å². The summed E-state index contributed by atoms with van der Waals surface area (Å²) in [6.45, 7) is 5.91. The van der Waals surface area contributed by atoms with Crippen molar-refractivity contribution in [1.29, 1.82) is 0 Å². The molecule has 0 aliphatic heterocycles. The topological polar surface area (TPSA) is 41.5 Å². The van der Waals surface area contributed by atoms with E-state index in [-0.39, 0.29) is 11.5 Å². The van der Waals surface area contributed by atoms with Crippen LogP contribution in [0.1, 0.15) is 39.5 Å². The predicted molar refractivity (Wildman–Crippen MR) is 61.9 cm³/mol. The van der Waals surface area contributed by atoms with Crippen LogP contribution in [0.3, 0.4) is 0 Å². The molecule has 1 aliphatic carbocycles. The van der Waals surface area contributed by atoms with Gasteiger partial charge in [0, 0.05) is 25.1 Å². The largest absolute Gasteiger partial charge is 0.393 e. The smallest absolute Gasteiger partial charge is 0.0613 e. The Bertz CT molecular complexity index is 186. The Morgan fingerprint density at radius 3 is 2.87 bits per heavy atom. The molecule has 0 aromatic heterocycles. The number of hydrogen-bond acceptors (Lipinski definition) is 3. The predicted octanol–water partition coefficient (Wildman–Crippen LogP) is 1.55. The zero-order chi connectivity index (χ0) is 11.3. The van der Waals surface area contributed by atoms with Gasteiger partial charge in [0.25, 0.3) is 0 Å². The Morgan fingerprint density at radius 2 is 2.27 bits per heavy atom. The van der Waals surface area contributed by atoms with Gasteiger partial charge in [0.2, 0.25) is 0 Å². The minimum Gasteiger partial charge on any atom is -0.393 e. The van der Waals surface area contributed by atoms with E-state index in [1.54, 1.807) is 7.11 Å². The van der Waals surface area contributed by atoms with Gasteiger partial charge in [0.05, 0.1) is 12.7 Å². The van der Waals surface area contributed by atoms with E-state index in [0.717, 1.165) is 26.0 Å². The van der Waals surface area contributed by atoms with Crippen molar-refractivity contribution in [2.75, 3.05) is 20.3 Å². The summed E-state index contributed by atoms with van der Waals surface area (Å²) >= 11 is 0. The molecule has 0 amide bonds. The average Bonchev–Trinajstić information content (AvgIpc) is 2.21. The van der Waals surface area contributed by atoms with Crippen LogP contribution in [-0.2, 0) is 4.74 Å². The lowest BCUT2D eigenvalue weighted by atomic mass is 9.73. The molecule has 3 unspecified atom stereocenters. The number of ether oxygens (including phenoxy) is 1. The van der Waals surface area contributed by atoms with Crippen molar-refractivity contribution in [1.82, 2.24) is 5.32 Å². The molecule has 3 atom stereocenters. The number of rotatable bonds is 5. The normalized spacial score (nSPS) is 34.0. The lowest BCUT2D eigenvalue weighted by Crippen LogP contribution is -2.46. The van der Waals surface area contributed by atoms with E-state index < -0.39 is 0 Å². The van der Waals surface area contributed by atoms with Crippen molar-refractivity contribution in [3.63, 3.8) is 0 Å². The second-order valence-electron chi connectivity index (χ2n) is 5.15.